The third-order valence-corrected chi connectivity index (χ3v) is 8.48. The molecule has 3 aromatic rings. The van der Waals surface area contributed by atoms with E-state index >= 15 is 0 Å². The fourth-order valence-electron chi connectivity index (χ4n) is 4.26. The number of rotatable bonds is 8. The van der Waals surface area contributed by atoms with Crippen LogP contribution < -0.4 is 9.73 Å². The zero-order valence-corrected chi connectivity index (χ0v) is 22.5. The van der Waals surface area contributed by atoms with Gasteiger partial charge in [0.25, 0.3) is 15.9 Å². The monoisotopic (exact) mass is 518 g/mol. The SMILES string of the molecule is Cc1ccc(S(=O)(=O)N(CC(=O)NN=C2CCN(Cc3ccccc3)CC2)c2ccc(C)c(C)c2)cc1. The van der Waals surface area contributed by atoms with Crippen molar-refractivity contribution in [3.8, 4) is 0 Å². The first-order valence-corrected chi connectivity index (χ1v) is 13.9. The molecule has 1 amide bonds. The number of carbonyl (C=O) groups excluding carboxylic acids is 1. The summed E-state index contributed by atoms with van der Waals surface area (Å²) in [5.74, 6) is -0.479. The lowest BCUT2D eigenvalue weighted by Gasteiger charge is -2.27. The van der Waals surface area contributed by atoms with Crippen molar-refractivity contribution in [1.82, 2.24) is 10.3 Å². The molecule has 0 bridgehead atoms. The first kappa shape index (κ1) is 26.6. The summed E-state index contributed by atoms with van der Waals surface area (Å²) in [4.78, 5) is 15.4. The number of amides is 1. The van der Waals surface area contributed by atoms with Crippen LogP contribution >= 0.6 is 0 Å². The van der Waals surface area contributed by atoms with E-state index in [0.717, 1.165) is 59.2 Å². The van der Waals surface area contributed by atoms with Crippen LogP contribution in [0, 0.1) is 20.8 Å². The summed E-state index contributed by atoms with van der Waals surface area (Å²) < 4.78 is 28.3. The van der Waals surface area contributed by atoms with Crippen LogP contribution in [0.25, 0.3) is 0 Å². The highest BCUT2D eigenvalue weighted by atomic mass is 32.2. The summed E-state index contributed by atoms with van der Waals surface area (Å²) >= 11 is 0. The first-order valence-electron chi connectivity index (χ1n) is 12.5. The molecule has 1 N–H and O–H groups in total. The van der Waals surface area contributed by atoms with Crippen LogP contribution in [0.4, 0.5) is 5.69 Å². The van der Waals surface area contributed by atoms with E-state index in [-0.39, 0.29) is 11.4 Å². The fourth-order valence-corrected chi connectivity index (χ4v) is 5.68. The smallest absolute Gasteiger partial charge is 0.264 e. The van der Waals surface area contributed by atoms with Crippen LogP contribution in [-0.4, -0.2) is 44.6 Å². The average Bonchev–Trinajstić information content (AvgIpc) is 2.89. The number of benzene rings is 3. The van der Waals surface area contributed by atoms with Gasteiger partial charge in [0.05, 0.1) is 10.6 Å². The molecule has 0 aromatic heterocycles. The van der Waals surface area contributed by atoms with E-state index in [0.29, 0.717) is 5.69 Å². The van der Waals surface area contributed by atoms with Crippen molar-refractivity contribution >= 4 is 27.3 Å². The summed E-state index contributed by atoms with van der Waals surface area (Å²) in [6, 6.07) is 22.4. The van der Waals surface area contributed by atoms with Gasteiger partial charge in [0, 0.05) is 38.2 Å². The Labute approximate surface area is 219 Å². The molecule has 0 saturated carbocycles. The van der Waals surface area contributed by atoms with Gasteiger partial charge in [-0.15, -0.1) is 0 Å². The number of piperidine rings is 1. The third kappa shape index (κ3) is 6.84. The highest BCUT2D eigenvalue weighted by Crippen LogP contribution is 2.26. The predicted molar refractivity (Wildman–Crippen MR) is 148 cm³/mol. The number of hydrogen-bond acceptors (Lipinski definition) is 5. The molecule has 1 aliphatic heterocycles. The van der Waals surface area contributed by atoms with E-state index in [9.17, 15) is 13.2 Å². The van der Waals surface area contributed by atoms with E-state index in [1.54, 1.807) is 36.4 Å². The maximum atomic E-state index is 13.6. The maximum Gasteiger partial charge on any atom is 0.264 e. The Balaban J connectivity index is 1.44. The number of anilines is 1. The van der Waals surface area contributed by atoms with Crippen LogP contribution in [0.5, 0.6) is 0 Å². The fraction of sp³-hybridized carbons (Fsp3) is 0.310. The van der Waals surface area contributed by atoms with E-state index in [1.165, 1.54) is 5.56 Å². The number of nitrogens with zero attached hydrogens (tertiary/aromatic N) is 3. The van der Waals surface area contributed by atoms with Crippen LogP contribution in [0.15, 0.2) is 82.8 Å². The molecule has 1 heterocycles. The molecular formula is C29H34N4O3S. The van der Waals surface area contributed by atoms with Crippen molar-refractivity contribution in [1.29, 1.82) is 0 Å². The number of hydrogen-bond donors (Lipinski definition) is 1. The van der Waals surface area contributed by atoms with Crippen LogP contribution in [0.3, 0.4) is 0 Å². The number of hydrazone groups is 1. The van der Waals surface area contributed by atoms with Gasteiger partial charge in [0.1, 0.15) is 6.54 Å². The topological polar surface area (TPSA) is 82.1 Å². The average molecular weight is 519 g/mol. The molecule has 1 fully saturated rings. The summed E-state index contributed by atoms with van der Waals surface area (Å²) in [5.41, 5.74) is 8.19. The minimum atomic E-state index is -3.96. The minimum Gasteiger partial charge on any atom is -0.298 e. The molecular weight excluding hydrogens is 484 g/mol. The summed E-state index contributed by atoms with van der Waals surface area (Å²) in [6.45, 7) is 8.03. The molecule has 0 spiro atoms. The van der Waals surface area contributed by atoms with E-state index in [2.05, 4.69) is 27.6 Å². The second kappa shape index (κ2) is 11.7. The molecule has 7 nitrogen and oxygen atoms in total. The molecule has 0 unspecified atom stereocenters. The highest BCUT2D eigenvalue weighted by Gasteiger charge is 2.27. The van der Waals surface area contributed by atoms with Crippen molar-refractivity contribution in [2.45, 2.75) is 45.1 Å². The predicted octanol–water partition coefficient (Wildman–Crippen LogP) is 4.58. The second-order valence-electron chi connectivity index (χ2n) is 9.57. The van der Waals surface area contributed by atoms with Crippen molar-refractivity contribution in [3.63, 3.8) is 0 Å². The maximum absolute atomic E-state index is 13.6. The van der Waals surface area contributed by atoms with Gasteiger partial charge in [0.2, 0.25) is 0 Å². The lowest BCUT2D eigenvalue weighted by atomic mass is 10.1. The Morgan fingerprint density at radius 1 is 0.919 bits per heavy atom. The number of sulfonamides is 1. The molecule has 0 aliphatic carbocycles. The van der Waals surface area contributed by atoms with E-state index in [1.807, 2.05) is 45.0 Å². The second-order valence-corrected chi connectivity index (χ2v) is 11.4. The van der Waals surface area contributed by atoms with Gasteiger partial charge in [-0.2, -0.15) is 5.10 Å². The largest absolute Gasteiger partial charge is 0.298 e. The Morgan fingerprint density at radius 2 is 1.59 bits per heavy atom. The molecule has 0 radical (unpaired) electrons. The van der Waals surface area contributed by atoms with Crippen LogP contribution in [-0.2, 0) is 21.4 Å². The summed E-state index contributed by atoms with van der Waals surface area (Å²) in [7, 11) is -3.96. The lowest BCUT2D eigenvalue weighted by Crippen LogP contribution is -2.40. The minimum absolute atomic E-state index is 0.140. The van der Waals surface area contributed by atoms with Crippen molar-refractivity contribution in [3.05, 3.63) is 95.1 Å². The van der Waals surface area contributed by atoms with Crippen molar-refractivity contribution < 1.29 is 13.2 Å². The Morgan fingerprint density at radius 3 is 2.24 bits per heavy atom. The Bertz CT molecular complexity index is 1360. The normalized spacial score (nSPS) is 14.3. The quantitative estimate of drug-likeness (QED) is 0.443. The molecule has 4 rings (SSSR count). The van der Waals surface area contributed by atoms with Gasteiger partial charge in [0.15, 0.2) is 0 Å². The van der Waals surface area contributed by atoms with Gasteiger partial charge >= 0.3 is 0 Å². The number of nitrogens with one attached hydrogen (secondary N) is 1. The molecule has 1 aliphatic rings. The molecule has 194 valence electrons. The van der Waals surface area contributed by atoms with Gasteiger partial charge in [-0.1, -0.05) is 54.1 Å². The molecule has 0 atom stereocenters. The third-order valence-electron chi connectivity index (χ3n) is 6.70. The molecule has 1 saturated heterocycles. The summed E-state index contributed by atoms with van der Waals surface area (Å²) in [6.07, 6.45) is 1.52. The van der Waals surface area contributed by atoms with Crippen molar-refractivity contribution in [2.24, 2.45) is 5.10 Å². The van der Waals surface area contributed by atoms with Crippen LogP contribution in [0.1, 0.15) is 35.1 Å². The zero-order valence-electron chi connectivity index (χ0n) is 21.6. The Hall–Kier alpha value is -3.49. The standard InChI is InChI=1S/C29H34N4O3S/c1-22-9-13-28(14-10-22)37(35,36)33(27-12-11-23(2)24(3)19-27)21-29(34)31-30-26-15-17-32(18-16-26)20-25-7-5-4-6-8-25/h4-14,19H,15-18,20-21H2,1-3H3,(H,31,34). The number of likely N-dealkylation sites (tertiary alicyclic amines) is 1. The van der Waals surface area contributed by atoms with Gasteiger partial charge in [-0.25, -0.2) is 13.8 Å². The van der Waals surface area contributed by atoms with Crippen LogP contribution in [0.2, 0.25) is 0 Å². The van der Waals surface area contributed by atoms with Gasteiger partial charge in [-0.05, 0) is 61.7 Å². The number of aryl methyl sites for hydroxylation is 3. The highest BCUT2D eigenvalue weighted by molar-refractivity contribution is 7.92. The molecule has 3 aromatic carbocycles. The zero-order chi connectivity index (χ0) is 26.4. The Kier molecular flexibility index (Phi) is 8.41. The van der Waals surface area contributed by atoms with E-state index in [4.69, 9.17) is 0 Å². The van der Waals surface area contributed by atoms with Crippen molar-refractivity contribution in [2.75, 3.05) is 23.9 Å². The first-order chi connectivity index (χ1) is 17.7. The van der Waals surface area contributed by atoms with E-state index < -0.39 is 15.9 Å². The van der Waals surface area contributed by atoms with Gasteiger partial charge in [-0.3, -0.25) is 14.0 Å². The summed E-state index contributed by atoms with van der Waals surface area (Å²) in [5, 5.41) is 4.34. The molecule has 8 heteroatoms. The van der Waals surface area contributed by atoms with Gasteiger partial charge < -0.3 is 0 Å². The lowest BCUT2D eigenvalue weighted by molar-refractivity contribution is -0.119. The molecule has 37 heavy (non-hydrogen) atoms. The number of carbonyl (C=O) groups is 1.